The Morgan fingerprint density at radius 1 is 1.19 bits per heavy atom. The monoisotopic (exact) mass is 394 g/mol. The number of benzene rings is 1. The van der Waals surface area contributed by atoms with Gasteiger partial charge >= 0.3 is 0 Å². The summed E-state index contributed by atoms with van der Waals surface area (Å²) >= 11 is 5.99. The van der Waals surface area contributed by atoms with E-state index in [0.717, 1.165) is 0 Å². The minimum absolute atomic E-state index is 0.0668. The molecule has 0 unspecified atom stereocenters. The zero-order valence-corrected chi connectivity index (χ0v) is 15.6. The molecule has 2 heterocycles. The van der Waals surface area contributed by atoms with Crippen LogP contribution in [0.1, 0.15) is 5.56 Å². The fourth-order valence-corrected chi connectivity index (χ4v) is 2.60. The quantitative estimate of drug-likeness (QED) is 0.556. The van der Waals surface area contributed by atoms with Gasteiger partial charge in [0.1, 0.15) is 0 Å². The molecule has 0 bridgehead atoms. The molecule has 1 saturated heterocycles. The Morgan fingerprint density at radius 3 is 2.48 bits per heavy atom. The molecular formula is C16H19ClN6O4. The standard InChI is InChI=1S/C16H19ClN6O4/c1-25-11-7-10(8-12(26-2)13(11)24)9-18-22-15-19-14(17)20-16(21-15)23-3-5-27-6-4-23/h7-9,24H,3-6H2,1-2H3,(H,19,20,21,22). The number of phenols is 1. The lowest BCUT2D eigenvalue weighted by molar-refractivity contribution is 0.122. The third kappa shape index (κ3) is 4.66. The maximum atomic E-state index is 9.94. The number of rotatable bonds is 6. The molecule has 1 aliphatic rings. The number of methoxy groups -OCH3 is 2. The van der Waals surface area contributed by atoms with Gasteiger partial charge in [0.2, 0.25) is 22.9 Å². The number of hydrazone groups is 1. The number of nitrogens with zero attached hydrogens (tertiary/aromatic N) is 5. The zero-order chi connectivity index (χ0) is 19.2. The van der Waals surface area contributed by atoms with Crippen LogP contribution in [0, 0.1) is 0 Å². The Morgan fingerprint density at radius 2 is 1.85 bits per heavy atom. The van der Waals surface area contributed by atoms with Crippen LogP contribution in [0.4, 0.5) is 11.9 Å². The lowest BCUT2D eigenvalue weighted by Gasteiger charge is -2.26. The van der Waals surface area contributed by atoms with E-state index in [4.69, 9.17) is 25.8 Å². The summed E-state index contributed by atoms with van der Waals surface area (Å²) in [6.07, 6.45) is 1.51. The molecule has 10 nitrogen and oxygen atoms in total. The molecule has 27 heavy (non-hydrogen) atoms. The average molecular weight is 395 g/mol. The third-order valence-corrected chi connectivity index (χ3v) is 3.94. The fourth-order valence-electron chi connectivity index (χ4n) is 2.45. The van der Waals surface area contributed by atoms with Crippen molar-refractivity contribution >= 4 is 29.7 Å². The van der Waals surface area contributed by atoms with Crippen molar-refractivity contribution in [2.75, 3.05) is 50.8 Å². The van der Waals surface area contributed by atoms with Gasteiger partial charge in [0.15, 0.2) is 11.5 Å². The third-order valence-electron chi connectivity index (χ3n) is 3.77. The summed E-state index contributed by atoms with van der Waals surface area (Å²) in [4.78, 5) is 14.4. The molecule has 144 valence electrons. The first kappa shape index (κ1) is 18.9. The summed E-state index contributed by atoms with van der Waals surface area (Å²) in [6, 6.07) is 3.23. The highest BCUT2D eigenvalue weighted by Gasteiger charge is 2.16. The number of nitrogens with one attached hydrogen (secondary N) is 1. The van der Waals surface area contributed by atoms with Gasteiger partial charge in [0.05, 0.1) is 33.6 Å². The van der Waals surface area contributed by atoms with E-state index in [-0.39, 0.29) is 28.5 Å². The van der Waals surface area contributed by atoms with E-state index in [0.29, 0.717) is 37.8 Å². The minimum atomic E-state index is -0.0792. The van der Waals surface area contributed by atoms with Gasteiger partial charge in [-0.2, -0.15) is 20.1 Å². The van der Waals surface area contributed by atoms with E-state index in [1.807, 2.05) is 4.90 Å². The van der Waals surface area contributed by atoms with E-state index < -0.39 is 0 Å². The van der Waals surface area contributed by atoms with Crippen molar-refractivity contribution in [2.24, 2.45) is 5.10 Å². The van der Waals surface area contributed by atoms with Gasteiger partial charge in [-0.15, -0.1) is 0 Å². The molecule has 1 aliphatic heterocycles. The summed E-state index contributed by atoms with van der Waals surface area (Å²) in [5.41, 5.74) is 3.37. The van der Waals surface area contributed by atoms with Crippen molar-refractivity contribution in [2.45, 2.75) is 0 Å². The molecule has 0 spiro atoms. The van der Waals surface area contributed by atoms with Gasteiger partial charge in [-0.1, -0.05) is 0 Å². The van der Waals surface area contributed by atoms with Crippen LogP contribution < -0.4 is 19.8 Å². The Bertz CT molecular complexity index is 804. The van der Waals surface area contributed by atoms with Crippen LogP contribution in [0.25, 0.3) is 0 Å². The zero-order valence-electron chi connectivity index (χ0n) is 14.8. The molecular weight excluding hydrogens is 376 g/mol. The fraction of sp³-hybridized carbons (Fsp3) is 0.375. The molecule has 2 N–H and O–H groups in total. The largest absolute Gasteiger partial charge is 0.502 e. The summed E-state index contributed by atoms with van der Waals surface area (Å²) in [7, 11) is 2.90. The van der Waals surface area contributed by atoms with Crippen LogP contribution in [-0.2, 0) is 4.74 Å². The van der Waals surface area contributed by atoms with E-state index in [2.05, 4.69) is 25.5 Å². The van der Waals surface area contributed by atoms with Gasteiger partial charge in [-0.25, -0.2) is 5.43 Å². The topological polar surface area (TPSA) is 114 Å². The minimum Gasteiger partial charge on any atom is -0.502 e. The smallest absolute Gasteiger partial charge is 0.249 e. The van der Waals surface area contributed by atoms with Gasteiger partial charge < -0.3 is 24.2 Å². The van der Waals surface area contributed by atoms with Crippen molar-refractivity contribution in [1.29, 1.82) is 0 Å². The van der Waals surface area contributed by atoms with Gasteiger partial charge in [0.25, 0.3) is 0 Å². The Kier molecular flexibility index (Phi) is 6.09. The van der Waals surface area contributed by atoms with Crippen LogP contribution in [0.5, 0.6) is 17.2 Å². The molecule has 1 aromatic heterocycles. The number of anilines is 2. The van der Waals surface area contributed by atoms with Gasteiger partial charge in [0, 0.05) is 18.7 Å². The molecule has 0 radical (unpaired) electrons. The first-order valence-electron chi connectivity index (χ1n) is 8.09. The molecule has 2 aromatic rings. The lowest BCUT2D eigenvalue weighted by atomic mass is 10.2. The van der Waals surface area contributed by atoms with Crippen molar-refractivity contribution in [3.63, 3.8) is 0 Å². The number of aromatic hydroxyl groups is 1. The summed E-state index contributed by atoms with van der Waals surface area (Å²) in [5, 5.41) is 14.1. The Balaban J connectivity index is 1.75. The summed E-state index contributed by atoms with van der Waals surface area (Å²) < 4.78 is 15.5. The van der Waals surface area contributed by atoms with Crippen LogP contribution in [-0.4, -0.2) is 66.8 Å². The van der Waals surface area contributed by atoms with Crippen LogP contribution in [0.15, 0.2) is 17.2 Å². The molecule has 0 saturated carbocycles. The Hall–Kier alpha value is -2.85. The molecule has 1 aromatic carbocycles. The molecule has 0 amide bonds. The maximum Gasteiger partial charge on any atom is 0.249 e. The molecule has 3 rings (SSSR count). The number of hydrogen-bond donors (Lipinski definition) is 2. The predicted octanol–water partition coefficient (Wildman–Crippen LogP) is 1.53. The van der Waals surface area contributed by atoms with Crippen molar-refractivity contribution in [3.05, 3.63) is 23.0 Å². The number of morpholine rings is 1. The summed E-state index contributed by atoms with van der Waals surface area (Å²) in [6.45, 7) is 2.57. The summed E-state index contributed by atoms with van der Waals surface area (Å²) in [5.74, 6) is 1.14. The van der Waals surface area contributed by atoms with Gasteiger partial charge in [-0.3, -0.25) is 0 Å². The number of aromatic nitrogens is 3. The van der Waals surface area contributed by atoms with Crippen LogP contribution >= 0.6 is 11.6 Å². The molecule has 0 aliphatic carbocycles. The van der Waals surface area contributed by atoms with E-state index in [9.17, 15) is 5.11 Å². The van der Waals surface area contributed by atoms with Crippen LogP contribution in [0.3, 0.4) is 0 Å². The number of halogens is 1. The van der Waals surface area contributed by atoms with E-state index >= 15 is 0 Å². The highest BCUT2D eigenvalue weighted by molar-refractivity contribution is 6.28. The highest BCUT2D eigenvalue weighted by atomic mass is 35.5. The molecule has 0 atom stereocenters. The first-order valence-corrected chi connectivity index (χ1v) is 8.47. The highest BCUT2D eigenvalue weighted by Crippen LogP contribution is 2.36. The van der Waals surface area contributed by atoms with Crippen molar-refractivity contribution in [1.82, 2.24) is 15.0 Å². The predicted molar refractivity (Wildman–Crippen MR) is 100 cm³/mol. The first-order chi connectivity index (χ1) is 13.1. The SMILES string of the molecule is COc1cc(C=NNc2nc(Cl)nc(N3CCOCC3)n2)cc(OC)c1O. The normalized spacial score (nSPS) is 14.4. The van der Waals surface area contributed by atoms with Crippen molar-refractivity contribution in [3.8, 4) is 17.2 Å². The van der Waals surface area contributed by atoms with Crippen LogP contribution in [0.2, 0.25) is 5.28 Å². The van der Waals surface area contributed by atoms with E-state index in [1.54, 1.807) is 12.1 Å². The number of ether oxygens (including phenoxy) is 3. The maximum absolute atomic E-state index is 9.94. The second kappa shape index (κ2) is 8.69. The van der Waals surface area contributed by atoms with Crippen molar-refractivity contribution < 1.29 is 19.3 Å². The van der Waals surface area contributed by atoms with Gasteiger partial charge in [-0.05, 0) is 23.7 Å². The Labute approximate surface area is 160 Å². The number of hydrogen-bond acceptors (Lipinski definition) is 10. The van der Waals surface area contributed by atoms with E-state index in [1.165, 1.54) is 20.4 Å². The lowest BCUT2D eigenvalue weighted by Crippen LogP contribution is -2.37. The molecule has 11 heteroatoms. The second-order valence-corrected chi connectivity index (χ2v) is 5.81. The molecule has 1 fully saturated rings. The second-order valence-electron chi connectivity index (χ2n) is 5.47. The average Bonchev–Trinajstić information content (AvgIpc) is 2.69. The number of phenolic OH excluding ortho intramolecular Hbond substituents is 1.